The van der Waals surface area contributed by atoms with Crippen LogP contribution in [0.5, 0.6) is 0 Å². The van der Waals surface area contributed by atoms with Crippen molar-refractivity contribution in [2.45, 2.75) is 177 Å². The van der Waals surface area contributed by atoms with E-state index in [2.05, 4.69) is 0 Å². The molecule has 3 unspecified atom stereocenters. The molecule has 0 fully saturated rings. The Bertz CT molecular complexity index is 956. The Hall–Kier alpha value is -2.29. The van der Waals surface area contributed by atoms with Gasteiger partial charge in [-0.05, 0) is 102 Å². The summed E-state index contributed by atoms with van der Waals surface area (Å²) in [6, 6.07) is 0. The second-order valence-corrected chi connectivity index (χ2v) is 13.3. The Labute approximate surface area is 320 Å². The minimum absolute atomic E-state index is 0. The first kappa shape index (κ1) is 56.5. The average Bonchev–Trinajstić information content (AvgIpc) is 3.01. The first-order chi connectivity index (χ1) is 23.3. The topological polar surface area (TPSA) is 227 Å². The third-order valence-corrected chi connectivity index (χ3v) is 6.79. The van der Waals surface area contributed by atoms with E-state index in [1.165, 1.54) is 0 Å². The van der Waals surface area contributed by atoms with Gasteiger partial charge in [-0.25, -0.2) is 0 Å². The maximum atomic E-state index is 11.9. The summed E-state index contributed by atoms with van der Waals surface area (Å²) in [5, 5.41) is 33.5. The largest absolute Gasteiger partial charge is 3.00 e. The SMILES string of the molecule is CCC(OC(C)C)(C(=O)[O-])C(=O)COC(C)C.CCC(OC(C)C)(C(=O)[O-])C(=O)COC(C)C.CCC(OC(C)C)(C(=O)[O-])C(=O)COC(C)C.[Al+3]. The van der Waals surface area contributed by atoms with Crippen molar-refractivity contribution in [3.8, 4) is 0 Å². The molecule has 0 bridgehead atoms. The fourth-order valence-electron chi connectivity index (χ4n) is 4.24. The van der Waals surface area contributed by atoms with Crippen LogP contribution in [0.1, 0.15) is 123 Å². The molecule has 3 atom stereocenters. The number of carboxylic acid groups (broad SMARTS) is 3. The number of Topliss-reactive ketones (excluding diaryl/α,β-unsaturated/α-hetero) is 3. The van der Waals surface area contributed by atoms with Crippen LogP contribution in [0.2, 0.25) is 0 Å². The molecular weight excluding hydrogens is 699 g/mol. The van der Waals surface area contributed by atoms with Crippen LogP contribution in [0, 0.1) is 0 Å². The Balaban J connectivity index is -0.000000329. The Morgan fingerprint density at radius 3 is 0.673 bits per heavy atom. The molecule has 0 rings (SSSR count). The molecule has 300 valence electrons. The average molecular weight is 763 g/mol. The summed E-state index contributed by atoms with van der Waals surface area (Å²) in [6.45, 7) is 24.5. The Morgan fingerprint density at radius 2 is 0.577 bits per heavy atom. The number of carbonyl (C=O) groups excluding carboxylic acids is 6. The normalized spacial score (nSPS) is 14.7. The van der Waals surface area contributed by atoms with E-state index in [9.17, 15) is 44.1 Å². The maximum Gasteiger partial charge on any atom is 3.00 e. The number of hydrogen-bond acceptors (Lipinski definition) is 15. The molecule has 0 aromatic heterocycles. The van der Waals surface area contributed by atoms with Crippen molar-refractivity contribution in [2.75, 3.05) is 19.8 Å². The first-order valence-corrected chi connectivity index (χ1v) is 17.4. The number of ether oxygens (including phenoxy) is 6. The van der Waals surface area contributed by atoms with E-state index in [4.69, 9.17) is 28.4 Å². The third-order valence-electron chi connectivity index (χ3n) is 6.79. The van der Waals surface area contributed by atoms with Crippen LogP contribution in [0.3, 0.4) is 0 Å². The van der Waals surface area contributed by atoms with Gasteiger partial charge in [0.1, 0.15) is 19.8 Å². The molecule has 0 aliphatic rings. The molecule has 0 saturated heterocycles. The number of rotatable bonds is 24. The minimum Gasteiger partial charge on any atom is -0.546 e. The number of carbonyl (C=O) groups is 6. The second kappa shape index (κ2) is 27.3. The van der Waals surface area contributed by atoms with E-state index in [-0.39, 0.29) is 93.1 Å². The Kier molecular flexibility index (Phi) is 29.7. The summed E-state index contributed by atoms with van der Waals surface area (Å²) in [5.41, 5.74) is -5.70. The van der Waals surface area contributed by atoms with Gasteiger partial charge in [0.15, 0.2) is 34.2 Å². The smallest absolute Gasteiger partial charge is 0.546 e. The van der Waals surface area contributed by atoms with Crippen molar-refractivity contribution in [3.05, 3.63) is 0 Å². The van der Waals surface area contributed by atoms with Gasteiger partial charge in [-0.2, -0.15) is 0 Å². The molecule has 15 nitrogen and oxygen atoms in total. The molecule has 0 heterocycles. The van der Waals surface area contributed by atoms with Gasteiger partial charge in [0, 0.05) is 0 Å². The summed E-state index contributed by atoms with van der Waals surface area (Å²) in [4.78, 5) is 69.2. The summed E-state index contributed by atoms with van der Waals surface area (Å²) in [5.74, 6) is -6.35. The van der Waals surface area contributed by atoms with Crippen LogP contribution in [0.15, 0.2) is 0 Å². The van der Waals surface area contributed by atoms with Crippen molar-refractivity contribution < 1.29 is 72.5 Å². The van der Waals surface area contributed by atoms with Gasteiger partial charge in [0.05, 0.1) is 54.5 Å². The van der Waals surface area contributed by atoms with Gasteiger partial charge >= 0.3 is 17.4 Å². The molecule has 0 aromatic rings. The predicted octanol–water partition coefficient (Wildman–Crippen LogP) is 0.532. The second-order valence-electron chi connectivity index (χ2n) is 13.3. The third kappa shape index (κ3) is 19.7. The number of aliphatic carboxylic acids is 3. The van der Waals surface area contributed by atoms with Crippen LogP contribution in [0.4, 0.5) is 0 Å². The van der Waals surface area contributed by atoms with Crippen LogP contribution in [-0.2, 0) is 57.2 Å². The van der Waals surface area contributed by atoms with Crippen molar-refractivity contribution in [1.82, 2.24) is 0 Å². The van der Waals surface area contributed by atoms with Gasteiger partial charge in [-0.1, -0.05) is 20.8 Å². The van der Waals surface area contributed by atoms with Gasteiger partial charge < -0.3 is 58.1 Å². The maximum absolute atomic E-state index is 11.9. The zero-order valence-electron chi connectivity index (χ0n) is 33.9. The van der Waals surface area contributed by atoms with Crippen LogP contribution >= 0.6 is 0 Å². The molecule has 0 aliphatic heterocycles. The van der Waals surface area contributed by atoms with Crippen LogP contribution in [-0.4, -0.2) is 126 Å². The fraction of sp³-hybridized carbons (Fsp3) is 0.833. The molecule has 0 radical (unpaired) electrons. The summed E-state index contributed by atoms with van der Waals surface area (Å²) < 4.78 is 31.1. The predicted molar refractivity (Wildman–Crippen MR) is 187 cm³/mol. The van der Waals surface area contributed by atoms with Gasteiger partial charge in [-0.3, -0.25) is 14.4 Å². The van der Waals surface area contributed by atoms with E-state index in [0.717, 1.165) is 0 Å². The van der Waals surface area contributed by atoms with E-state index in [0.29, 0.717) is 0 Å². The van der Waals surface area contributed by atoms with Crippen molar-refractivity contribution in [2.24, 2.45) is 0 Å². The fourth-order valence-corrected chi connectivity index (χ4v) is 4.24. The number of ketones is 3. The quantitative estimate of drug-likeness (QED) is 0.0966. The summed E-state index contributed by atoms with van der Waals surface area (Å²) in [6.07, 6.45) is -1.50. The molecule has 0 aromatic carbocycles. The van der Waals surface area contributed by atoms with Gasteiger partial charge in [-0.15, -0.1) is 0 Å². The van der Waals surface area contributed by atoms with E-state index in [1.54, 1.807) is 104 Å². The van der Waals surface area contributed by atoms with Crippen molar-refractivity contribution in [1.29, 1.82) is 0 Å². The molecule has 0 aliphatic carbocycles. The van der Waals surface area contributed by atoms with Crippen molar-refractivity contribution >= 4 is 52.6 Å². The minimum atomic E-state index is -1.90. The molecular formula is C36H63AlO15. The first-order valence-electron chi connectivity index (χ1n) is 17.4. The molecule has 16 heteroatoms. The van der Waals surface area contributed by atoms with E-state index >= 15 is 0 Å². The number of carboxylic acids is 3. The zero-order valence-corrected chi connectivity index (χ0v) is 35.1. The standard InChI is InChI=1S/3C12H22O5.Al/c3*1-6-12(11(14)15,17-9(4)5)10(13)7-16-8(2)3;/h3*8-9H,6-7H2,1-5H3,(H,14,15);/q;;;+3/p-3. The molecule has 0 N–H and O–H groups in total. The van der Waals surface area contributed by atoms with Crippen LogP contribution < -0.4 is 15.3 Å². The molecule has 52 heavy (non-hydrogen) atoms. The Morgan fingerprint density at radius 1 is 0.404 bits per heavy atom. The monoisotopic (exact) mass is 762 g/mol. The molecule has 0 spiro atoms. The van der Waals surface area contributed by atoms with Gasteiger partial charge in [0.25, 0.3) is 0 Å². The van der Waals surface area contributed by atoms with Crippen LogP contribution in [0.25, 0.3) is 0 Å². The zero-order chi connectivity index (χ0) is 40.9. The summed E-state index contributed by atoms with van der Waals surface area (Å²) in [7, 11) is 0. The van der Waals surface area contributed by atoms with E-state index < -0.39 is 52.1 Å². The van der Waals surface area contributed by atoms with Crippen molar-refractivity contribution in [3.63, 3.8) is 0 Å². The van der Waals surface area contributed by atoms with E-state index in [1.807, 2.05) is 0 Å². The molecule has 0 saturated carbocycles. The molecule has 0 amide bonds. The summed E-state index contributed by atoms with van der Waals surface area (Å²) >= 11 is 0. The van der Waals surface area contributed by atoms with Gasteiger partial charge in [0.2, 0.25) is 0 Å². The number of hydrogen-bond donors (Lipinski definition) is 0.